The number of hydrogen-bond donors (Lipinski definition) is 0. The van der Waals surface area contributed by atoms with Gasteiger partial charge >= 0.3 is 0 Å². The summed E-state index contributed by atoms with van der Waals surface area (Å²) in [6, 6.07) is 13.2. The number of aryl methyl sites for hydroxylation is 1. The zero-order chi connectivity index (χ0) is 14.0. The van der Waals surface area contributed by atoms with Gasteiger partial charge in [-0.3, -0.25) is 4.79 Å². The van der Waals surface area contributed by atoms with Gasteiger partial charge < -0.3 is 0 Å². The van der Waals surface area contributed by atoms with Gasteiger partial charge in [0.1, 0.15) is 0 Å². The van der Waals surface area contributed by atoms with Crippen LogP contribution >= 0.6 is 11.6 Å². The van der Waals surface area contributed by atoms with Crippen molar-refractivity contribution in [1.82, 2.24) is 0 Å². The number of carbonyl (C=O) groups is 1. The Labute approximate surface area is 119 Å². The lowest BCUT2D eigenvalue weighted by molar-refractivity contribution is 0.103. The Morgan fingerprint density at radius 2 is 1.58 bits per heavy atom. The quantitative estimate of drug-likeness (QED) is 0.719. The Morgan fingerprint density at radius 1 is 1.00 bits per heavy atom. The molecule has 0 N–H and O–H groups in total. The van der Waals surface area contributed by atoms with Crippen molar-refractivity contribution >= 4 is 17.4 Å². The third kappa shape index (κ3) is 3.05. The van der Waals surface area contributed by atoms with Crippen LogP contribution in [0.3, 0.4) is 0 Å². The molecule has 0 aliphatic carbocycles. The van der Waals surface area contributed by atoms with Crippen molar-refractivity contribution in [2.45, 2.75) is 26.7 Å². The molecule has 0 aliphatic rings. The average Bonchev–Trinajstić information content (AvgIpc) is 2.41. The fraction of sp³-hybridized carbons (Fsp3) is 0.235. The third-order valence-corrected chi connectivity index (χ3v) is 3.68. The molecule has 0 aromatic heterocycles. The number of carbonyl (C=O) groups excluding carboxylic acids is 1. The molecule has 0 atom stereocenters. The fourth-order valence-electron chi connectivity index (χ4n) is 1.92. The molecule has 2 rings (SSSR count). The lowest BCUT2D eigenvalue weighted by Crippen LogP contribution is -2.02. The van der Waals surface area contributed by atoms with Gasteiger partial charge in [-0.05, 0) is 30.0 Å². The minimum Gasteiger partial charge on any atom is -0.289 e. The standard InChI is InChI=1S/C17H17ClO/c1-11(2)13-6-8-14(9-7-13)17(19)15-5-4-12(3)16(18)10-15/h4-11H,1-3H3. The first-order valence-electron chi connectivity index (χ1n) is 6.40. The van der Waals surface area contributed by atoms with Gasteiger partial charge in [-0.25, -0.2) is 0 Å². The Balaban J connectivity index is 2.30. The van der Waals surface area contributed by atoms with Gasteiger partial charge in [0.05, 0.1) is 0 Å². The molecule has 0 spiro atoms. The second kappa shape index (κ2) is 5.58. The van der Waals surface area contributed by atoms with E-state index in [0.717, 1.165) is 5.56 Å². The molecule has 0 unspecified atom stereocenters. The molecule has 0 saturated heterocycles. The normalized spacial score (nSPS) is 10.8. The van der Waals surface area contributed by atoms with Gasteiger partial charge in [-0.2, -0.15) is 0 Å². The van der Waals surface area contributed by atoms with Crippen LogP contribution in [-0.2, 0) is 0 Å². The van der Waals surface area contributed by atoms with Crippen molar-refractivity contribution in [2.75, 3.05) is 0 Å². The lowest BCUT2D eigenvalue weighted by Gasteiger charge is -2.07. The van der Waals surface area contributed by atoms with Gasteiger partial charge in [0.15, 0.2) is 5.78 Å². The highest BCUT2D eigenvalue weighted by Gasteiger charge is 2.10. The summed E-state index contributed by atoms with van der Waals surface area (Å²) in [6.07, 6.45) is 0. The smallest absolute Gasteiger partial charge is 0.193 e. The summed E-state index contributed by atoms with van der Waals surface area (Å²) < 4.78 is 0. The molecular formula is C17H17ClO. The van der Waals surface area contributed by atoms with Gasteiger partial charge in [-0.1, -0.05) is 61.8 Å². The van der Waals surface area contributed by atoms with E-state index in [1.54, 1.807) is 6.07 Å². The summed E-state index contributed by atoms with van der Waals surface area (Å²) >= 11 is 6.06. The number of halogens is 1. The molecule has 2 heteroatoms. The van der Waals surface area contributed by atoms with Crippen LogP contribution in [0.2, 0.25) is 5.02 Å². The summed E-state index contributed by atoms with van der Waals surface area (Å²) in [4.78, 5) is 12.3. The first-order chi connectivity index (χ1) is 8.99. The summed E-state index contributed by atoms with van der Waals surface area (Å²) in [5, 5.41) is 0.629. The Hall–Kier alpha value is -1.60. The van der Waals surface area contributed by atoms with Crippen molar-refractivity contribution in [1.29, 1.82) is 0 Å². The second-order valence-electron chi connectivity index (χ2n) is 5.07. The van der Waals surface area contributed by atoms with Crippen LogP contribution < -0.4 is 0 Å². The molecule has 98 valence electrons. The van der Waals surface area contributed by atoms with Crippen molar-refractivity contribution in [2.24, 2.45) is 0 Å². The van der Waals surface area contributed by atoms with E-state index in [1.807, 2.05) is 43.3 Å². The number of benzene rings is 2. The van der Waals surface area contributed by atoms with Crippen molar-refractivity contribution < 1.29 is 4.79 Å². The van der Waals surface area contributed by atoms with Crippen LogP contribution in [0.25, 0.3) is 0 Å². The first-order valence-corrected chi connectivity index (χ1v) is 6.77. The molecule has 0 amide bonds. The highest BCUT2D eigenvalue weighted by atomic mass is 35.5. The SMILES string of the molecule is Cc1ccc(C(=O)c2ccc(C(C)C)cc2)cc1Cl. The van der Waals surface area contributed by atoms with E-state index in [-0.39, 0.29) is 5.78 Å². The van der Waals surface area contributed by atoms with E-state index in [9.17, 15) is 4.79 Å². The van der Waals surface area contributed by atoms with Crippen molar-refractivity contribution in [3.63, 3.8) is 0 Å². The average molecular weight is 273 g/mol. The Bertz CT molecular complexity index is 597. The zero-order valence-electron chi connectivity index (χ0n) is 11.4. The maximum atomic E-state index is 12.3. The van der Waals surface area contributed by atoms with Crippen LogP contribution in [0.5, 0.6) is 0 Å². The molecule has 0 radical (unpaired) electrons. The Morgan fingerprint density at radius 3 is 2.11 bits per heavy atom. The third-order valence-electron chi connectivity index (χ3n) is 3.27. The van der Waals surface area contributed by atoms with Crippen LogP contribution in [0.4, 0.5) is 0 Å². The maximum Gasteiger partial charge on any atom is 0.193 e. The summed E-state index contributed by atoms with van der Waals surface area (Å²) in [7, 11) is 0. The number of rotatable bonds is 3. The van der Waals surface area contributed by atoms with Crippen LogP contribution in [0.1, 0.15) is 46.8 Å². The number of ketones is 1. The minimum absolute atomic E-state index is 0.0113. The maximum absolute atomic E-state index is 12.3. The van der Waals surface area contributed by atoms with E-state index in [4.69, 9.17) is 11.6 Å². The topological polar surface area (TPSA) is 17.1 Å². The predicted octanol–water partition coefficient (Wildman–Crippen LogP) is 5.00. The van der Waals surface area contributed by atoms with Gasteiger partial charge in [0, 0.05) is 16.1 Å². The molecule has 1 nitrogen and oxygen atoms in total. The molecular weight excluding hydrogens is 256 g/mol. The summed E-state index contributed by atoms with van der Waals surface area (Å²) in [5.74, 6) is 0.482. The monoisotopic (exact) mass is 272 g/mol. The van der Waals surface area contributed by atoms with Crippen LogP contribution in [0, 0.1) is 6.92 Å². The molecule has 0 aliphatic heterocycles. The van der Waals surface area contributed by atoms with Crippen molar-refractivity contribution in [3.05, 3.63) is 69.7 Å². The van der Waals surface area contributed by atoms with Gasteiger partial charge in [0.2, 0.25) is 0 Å². The lowest BCUT2D eigenvalue weighted by atomic mass is 9.98. The molecule has 0 bridgehead atoms. The molecule has 2 aromatic rings. The van der Waals surface area contributed by atoms with E-state index in [0.29, 0.717) is 22.1 Å². The highest BCUT2D eigenvalue weighted by molar-refractivity contribution is 6.31. The van der Waals surface area contributed by atoms with E-state index < -0.39 is 0 Å². The highest BCUT2D eigenvalue weighted by Crippen LogP contribution is 2.20. The van der Waals surface area contributed by atoms with Crippen molar-refractivity contribution in [3.8, 4) is 0 Å². The minimum atomic E-state index is 0.0113. The molecule has 0 heterocycles. The number of hydrogen-bond acceptors (Lipinski definition) is 1. The second-order valence-corrected chi connectivity index (χ2v) is 5.48. The predicted molar refractivity (Wildman–Crippen MR) is 80.2 cm³/mol. The van der Waals surface area contributed by atoms with Crippen LogP contribution in [-0.4, -0.2) is 5.78 Å². The van der Waals surface area contributed by atoms with E-state index >= 15 is 0 Å². The molecule has 19 heavy (non-hydrogen) atoms. The summed E-state index contributed by atoms with van der Waals surface area (Å²) in [6.45, 7) is 6.20. The fourth-order valence-corrected chi connectivity index (χ4v) is 2.10. The summed E-state index contributed by atoms with van der Waals surface area (Å²) in [5.41, 5.74) is 3.55. The first kappa shape index (κ1) is 13.8. The van der Waals surface area contributed by atoms with E-state index in [1.165, 1.54) is 5.56 Å². The van der Waals surface area contributed by atoms with Gasteiger partial charge in [-0.15, -0.1) is 0 Å². The molecule has 2 aromatic carbocycles. The zero-order valence-corrected chi connectivity index (χ0v) is 12.2. The Kier molecular flexibility index (Phi) is 4.06. The van der Waals surface area contributed by atoms with E-state index in [2.05, 4.69) is 13.8 Å². The van der Waals surface area contributed by atoms with Gasteiger partial charge in [0.25, 0.3) is 0 Å². The molecule has 0 fully saturated rings. The largest absolute Gasteiger partial charge is 0.289 e. The molecule has 0 saturated carbocycles. The van der Waals surface area contributed by atoms with Crippen LogP contribution in [0.15, 0.2) is 42.5 Å².